The number of likely N-dealkylation sites (tertiary alicyclic amines) is 2. The topological polar surface area (TPSA) is 40.6 Å². The van der Waals surface area contributed by atoms with E-state index in [0.717, 1.165) is 12.0 Å². The van der Waals surface area contributed by atoms with Crippen LogP contribution >= 0.6 is 0 Å². The zero-order valence-corrected chi connectivity index (χ0v) is 15.2. The van der Waals surface area contributed by atoms with Crippen LogP contribution in [0.25, 0.3) is 0 Å². The van der Waals surface area contributed by atoms with Crippen molar-refractivity contribution in [3.8, 4) is 0 Å². The normalized spacial score (nSPS) is 18.9. The molecule has 27 heavy (non-hydrogen) atoms. The maximum Gasteiger partial charge on any atom is 0.253 e. The lowest BCUT2D eigenvalue weighted by molar-refractivity contribution is -0.138. The lowest BCUT2D eigenvalue weighted by Crippen LogP contribution is -2.46. The van der Waals surface area contributed by atoms with Crippen molar-refractivity contribution in [2.75, 3.05) is 19.6 Å². The monoisotopic (exact) mass is 366 g/mol. The van der Waals surface area contributed by atoms with Crippen LogP contribution in [-0.2, 0) is 11.3 Å². The number of rotatable bonds is 3. The van der Waals surface area contributed by atoms with E-state index in [-0.39, 0.29) is 23.0 Å². The van der Waals surface area contributed by atoms with Crippen LogP contribution in [0.1, 0.15) is 35.2 Å². The van der Waals surface area contributed by atoms with Gasteiger partial charge in [-0.2, -0.15) is 0 Å². The lowest BCUT2D eigenvalue weighted by Gasteiger charge is -2.38. The van der Waals surface area contributed by atoms with Crippen molar-refractivity contribution in [3.05, 3.63) is 71.5 Å². The van der Waals surface area contributed by atoms with Crippen LogP contribution in [-0.4, -0.2) is 41.2 Å². The number of carbonyl (C=O) groups excluding carboxylic acids is 2. The molecule has 140 valence electrons. The van der Waals surface area contributed by atoms with Crippen molar-refractivity contribution in [2.24, 2.45) is 5.41 Å². The predicted octanol–water partition coefficient (Wildman–Crippen LogP) is 3.48. The Morgan fingerprint density at radius 1 is 0.963 bits per heavy atom. The molecule has 0 radical (unpaired) electrons. The van der Waals surface area contributed by atoms with Gasteiger partial charge in [0.25, 0.3) is 5.91 Å². The van der Waals surface area contributed by atoms with E-state index in [2.05, 4.69) is 0 Å². The molecule has 0 N–H and O–H groups in total. The molecule has 2 aromatic carbocycles. The van der Waals surface area contributed by atoms with Crippen LogP contribution in [0.3, 0.4) is 0 Å². The Kier molecular flexibility index (Phi) is 4.68. The number of hydrogen-bond acceptors (Lipinski definition) is 2. The first-order valence-corrected chi connectivity index (χ1v) is 9.46. The van der Waals surface area contributed by atoms with Gasteiger partial charge in [-0.25, -0.2) is 4.39 Å². The highest BCUT2D eigenvalue weighted by Crippen LogP contribution is 2.42. The van der Waals surface area contributed by atoms with Crippen LogP contribution in [0.5, 0.6) is 0 Å². The SMILES string of the molecule is O=C(c1ccccc1)N1CCC2(CC1)CCN(Cc1cccc(F)c1)C2=O. The molecular weight excluding hydrogens is 343 g/mol. The summed E-state index contributed by atoms with van der Waals surface area (Å²) in [7, 11) is 0. The minimum absolute atomic E-state index is 0.0347. The Labute approximate surface area is 158 Å². The smallest absolute Gasteiger partial charge is 0.253 e. The molecule has 0 atom stereocenters. The van der Waals surface area contributed by atoms with Crippen molar-refractivity contribution in [1.82, 2.24) is 9.80 Å². The summed E-state index contributed by atoms with van der Waals surface area (Å²) < 4.78 is 13.4. The van der Waals surface area contributed by atoms with E-state index >= 15 is 0 Å². The van der Waals surface area contributed by atoms with Gasteiger partial charge in [-0.1, -0.05) is 30.3 Å². The maximum atomic E-state index is 13.4. The van der Waals surface area contributed by atoms with Crippen molar-refractivity contribution in [2.45, 2.75) is 25.8 Å². The summed E-state index contributed by atoms with van der Waals surface area (Å²) in [4.78, 5) is 29.4. The highest BCUT2D eigenvalue weighted by molar-refractivity contribution is 5.94. The zero-order chi connectivity index (χ0) is 18.9. The summed E-state index contributed by atoms with van der Waals surface area (Å²) in [6.07, 6.45) is 2.21. The van der Waals surface area contributed by atoms with E-state index in [1.165, 1.54) is 12.1 Å². The molecule has 2 heterocycles. The van der Waals surface area contributed by atoms with Gasteiger partial charge in [-0.05, 0) is 49.1 Å². The third-order valence-corrected chi connectivity index (χ3v) is 5.89. The van der Waals surface area contributed by atoms with Crippen molar-refractivity contribution < 1.29 is 14.0 Å². The summed E-state index contributed by atoms with van der Waals surface area (Å²) in [5, 5.41) is 0. The molecule has 2 aliphatic rings. The molecular formula is C22H23FN2O2. The standard InChI is InChI=1S/C22H23FN2O2/c23-19-8-4-5-17(15-19)16-25-14-11-22(21(25)27)9-12-24(13-10-22)20(26)18-6-2-1-3-7-18/h1-8,15H,9-14,16H2. The molecule has 0 aromatic heterocycles. The first-order chi connectivity index (χ1) is 13.1. The molecule has 2 amide bonds. The maximum absolute atomic E-state index is 13.4. The summed E-state index contributed by atoms with van der Waals surface area (Å²) in [5.74, 6) is -0.0901. The van der Waals surface area contributed by atoms with E-state index in [9.17, 15) is 14.0 Å². The van der Waals surface area contributed by atoms with Gasteiger partial charge in [0.1, 0.15) is 5.82 Å². The van der Waals surface area contributed by atoms with E-state index in [0.29, 0.717) is 44.6 Å². The molecule has 2 saturated heterocycles. The third kappa shape index (κ3) is 3.46. The number of amides is 2. The molecule has 4 rings (SSSR count). The van der Waals surface area contributed by atoms with Crippen LogP contribution in [0.2, 0.25) is 0 Å². The molecule has 5 heteroatoms. The van der Waals surface area contributed by atoms with Crippen molar-refractivity contribution in [3.63, 3.8) is 0 Å². The highest BCUT2D eigenvalue weighted by Gasteiger charge is 2.48. The Bertz CT molecular complexity index is 844. The molecule has 0 aliphatic carbocycles. The van der Waals surface area contributed by atoms with Crippen molar-refractivity contribution >= 4 is 11.8 Å². The fraction of sp³-hybridized carbons (Fsp3) is 0.364. The first-order valence-electron chi connectivity index (χ1n) is 9.46. The largest absolute Gasteiger partial charge is 0.339 e. The molecule has 2 fully saturated rings. The zero-order valence-electron chi connectivity index (χ0n) is 15.2. The number of hydrogen-bond donors (Lipinski definition) is 0. The number of carbonyl (C=O) groups is 2. The molecule has 4 nitrogen and oxygen atoms in total. The van der Waals surface area contributed by atoms with Crippen LogP contribution in [0, 0.1) is 11.2 Å². The van der Waals surface area contributed by atoms with Gasteiger partial charge in [0.2, 0.25) is 5.91 Å². The van der Waals surface area contributed by atoms with Crippen LogP contribution < -0.4 is 0 Å². The number of halogens is 1. The van der Waals surface area contributed by atoms with E-state index in [4.69, 9.17) is 0 Å². The quantitative estimate of drug-likeness (QED) is 0.834. The van der Waals surface area contributed by atoms with E-state index in [1.54, 1.807) is 6.07 Å². The summed E-state index contributed by atoms with van der Waals surface area (Å²) in [6.45, 7) is 2.35. The highest BCUT2D eigenvalue weighted by atomic mass is 19.1. The van der Waals surface area contributed by atoms with Gasteiger partial charge >= 0.3 is 0 Å². The van der Waals surface area contributed by atoms with Gasteiger partial charge in [0.05, 0.1) is 5.41 Å². The summed E-state index contributed by atoms with van der Waals surface area (Å²) in [5.41, 5.74) is 1.15. The Morgan fingerprint density at radius 3 is 2.37 bits per heavy atom. The molecule has 2 aromatic rings. The first kappa shape index (κ1) is 17.7. The lowest BCUT2D eigenvalue weighted by atomic mass is 9.77. The van der Waals surface area contributed by atoms with E-state index < -0.39 is 0 Å². The molecule has 0 unspecified atom stereocenters. The van der Waals surface area contributed by atoms with Gasteiger partial charge in [-0.3, -0.25) is 9.59 Å². The fourth-order valence-electron chi connectivity index (χ4n) is 4.26. The molecule has 0 saturated carbocycles. The van der Waals surface area contributed by atoms with Gasteiger partial charge < -0.3 is 9.80 Å². The van der Waals surface area contributed by atoms with Crippen molar-refractivity contribution in [1.29, 1.82) is 0 Å². The third-order valence-electron chi connectivity index (χ3n) is 5.89. The molecule has 0 bridgehead atoms. The minimum atomic E-state index is -0.360. The van der Waals surface area contributed by atoms with Gasteiger partial charge in [-0.15, -0.1) is 0 Å². The predicted molar refractivity (Wildman–Crippen MR) is 100 cm³/mol. The molecule has 1 spiro atoms. The number of nitrogens with zero attached hydrogens (tertiary/aromatic N) is 2. The van der Waals surface area contributed by atoms with Crippen LogP contribution in [0.15, 0.2) is 54.6 Å². The second-order valence-electron chi connectivity index (χ2n) is 7.55. The second kappa shape index (κ2) is 7.14. The Balaban J connectivity index is 1.39. The Hall–Kier alpha value is -2.69. The second-order valence-corrected chi connectivity index (χ2v) is 7.55. The Morgan fingerprint density at radius 2 is 1.67 bits per heavy atom. The average Bonchev–Trinajstić information content (AvgIpc) is 2.98. The van der Waals surface area contributed by atoms with Gasteiger partial charge in [0.15, 0.2) is 0 Å². The number of piperidine rings is 1. The number of benzene rings is 2. The summed E-state index contributed by atoms with van der Waals surface area (Å²) in [6, 6.07) is 15.7. The minimum Gasteiger partial charge on any atom is -0.339 e. The summed E-state index contributed by atoms with van der Waals surface area (Å²) >= 11 is 0. The fourth-order valence-corrected chi connectivity index (χ4v) is 4.26. The van der Waals surface area contributed by atoms with E-state index in [1.807, 2.05) is 46.2 Å². The molecule has 2 aliphatic heterocycles. The van der Waals surface area contributed by atoms with Crippen LogP contribution in [0.4, 0.5) is 4.39 Å². The van der Waals surface area contributed by atoms with Gasteiger partial charge in [0, 0.05) is 31.7 Å². The average molecular weight is 366 g/mol.